The minimum atomic E-state index is -0.702. The molecule has 0 radical (unpaired) electrons. The second kappa shape index (κ2) is 5.49. The van der Waals surface area contributed by atoms with E-state index < -0.39 is 11.4 Å². The van der Waals surface area contributed by atoms with Gasteiger partial charge in [-0.2, -0.15) is 0 Å². The number of aliphatic hydroxyl groups is 1. The number of rotatable bonds is 5. The number of carbonyl (C=O) groups is 2. The van der Waals surface area contributed by atoms with Crippen LogP contribution in [-0.4, -0.2) is 35.6 Å². The van der Waals surface area contributed by atoms with Gasteiger partial charge in [-0.25, -0.2) is 0 Å². The molecule has 0 fully saturated rings. The summed E-state index contributed by atoms with van der Waals surface area (Å²) < 4.78 is 4.87. The molecule has 0 unspecified atom stereocenters. The molecule has 3 N–H and O–H groups in total. The molecule has 0 aliphatic rings. The normalized spacial score (nSPS) is 11.0. The van der Waals surface area contributed by atoms with Gasteiger partial charge in [0.2, 0.25) is 5.91 Å². The van der Waals surface area contributed by atoms with Crippen LogP contribution in [0, 0.1) is 0 Å². The largest absolute Gasteiger partial charge is 0.459 e. The smallest absolute Gasteiger partial charge is 0.287 e. The molecule has 0 aromatic carbocycles. The first-order chi connectivity index (χ1) is 7.94. The first-order valence-electron chi connectivity index (χ1n) is 5.18. The molecule has 6 heteroatoms. The Labute approximate surface area is 99.0 Å². The maximum Gasteiger partial charge on any atom is 0.287 e. The molecule has 1 aromatic heterocycles. The van der Waals surface area contributed by atoms with E-state index in [0.717, 1.165) is 0 Å². The molecular weight excluding hydrogens is 224 g/mol. The molecule has 1 heterocycles. The number of hydrogen-bond acceptors (Lipinski definition) is 4. The lowest BCUT2D eigenvalue weighted by atomic mass is 10.1. The van der Waals surface area contributed by atoms with Crippen LogP contribution in [0.25, 0.3) is 0 Å². The van der Waals surface area contributed by atoms with Crippen molar-refractivity contribution in [1.29, 1.82) is 0 Å². The van der Waals surface area contributed by atoms with Crippen molar-refractivity contribution in [1.82, 2.24) is 10.6 Å². The van der Waals surface area contributed by atoms with E-state index in [0.29, 0.717) is 0 Å². The molecule has 0 aliphatic heterocycles. The molecule has 0 bridgehead atoms. The molecule has 2 amide bonds. The average Bonchev–Trinajstić information content (AvgIpc) is 2.78. The van der Waals surface area contributed by atoms with Gasteiger partial charge in [0.15, 0.2) is 5.76 Å². The third-order valence-electron chi connectivity index (χ3n) is 2.03. The Hall–Kier alpha value is -1.82. The average molecular weight is 240 g/mol. The Morgan fingerprint density at radius 1 is 1.47 bits per heavy atom. The lowest BCUT2D eigenvalue weighted by Gasteiger charge is -2.23. The summed E-state index contributed by atoms with van der Waals surface area (Å²) in [4.78, 5) is 22.8. The van der Waals surface area contributed by atoms with E-state index in [1.54, 1.807) is 19.9 Å². The number of carbonyl (C=O) groups excluding carboxylic acids is 2. The van der Waals surface area contributed by atoms with Crippen LogP contribution >= 0.6 is 0 Å². The molecular formula is C11H16N2O4. The summed E-state index contributed by atoms with van der Waals surface area (Å²) in [6.07, 6.45) is 1.38. The fourth-order valence-corrected chi connectivity index (χ4v) is 1.12. The zero-order chi connectivity index (χ0) is 12.9. The minimum Gasteiger partial charge on any atom is -0.459 e. The predicted molar refractivity (Wildman–Crippen MR) is 60.3 cm³/mol. The number of furan rings is 1. The first-order valence-corrected chi connectivity index (χ1v) is 5.18. The van der Waals surface area contributed by atoms with Crippen molar-refractivity contribution < 1.29 is 19.1 Å². The number of hydrogen-bond donors (Lipinski definition) is 3. The maximum absolute atomic E-state index is 11.4. The SMILES string of the molecule is CC(C)(CO)NC(=O)CNC(=O)c1ccco1. The highest BCUT2D eigenvalue weighted by Crippen LogP contribution is 2.00. The van der Waals surface area contributed by atoms with Crippen LogP contribution in [0.2, 0.25) is 0 Å². The van der Waals surface area contributed by atoms with Gasteiger partial charge in [-0.1, -0.05) is 0 Å². The third kappa shape index (κ3) is 4.28. The zero-order valence-electron chi connectivity index (χ0n) is 9.82. The number of nitrogens with one attached hydrogen (secondary N) is 2. The fourth-order valence-electron chi connectivity index (χ4n) is 1.12. The van der Waals surface area contributed by atoms with Gasteiger partial charge >= 0.3 is 0 Å². The lowest BCUT2D eigenvalue weighted by molar-refractivity contribution is -0.122. The Morgan fingerprint density at radius 2 is 2.18 bits per heavy atom. The number of amides is 2. The summed E-state index contributed by atoms with van der Waals surface area (Å²) in [7, 11) is 0. The second-order valence-electron chi connectivity index (χ2n) is 4.25. The van der Waals surface area contributed by atoms with Crippen molar-refractivity contribution in [2.24, 2.45) is 0 Å². The van der Waals surface area contributed by atoms with Gasteiger partial charge in [0, 0.05) is 0 Å². The van der Waals surface area contributed by atoms with Crippen LogP contribution in [0.3, 0.4) is 0 Å². The highest BCUT2D eigenvalue weighted by Gasteiger charge is 2.19. The van der Waals surface area contributed by atoms with Crippen LogP contribution in [0.4, 0.5) is 0 Å². The van der Waals surface area contributed by atoms with Gasteiger partial charge in [-0.05, 0) is 26.0 Å². The Kier molecular flexibility index (Phi) is 4.28. The highest BCUT2D eigenvalue weighted by molar-refractivity contribution is 5.94. The van der Waals surface area contributed by atoms with Crippen LogP contribution in [0.5, 0.6) is 0 Å². The van der Waals surface area contributed by atoms with Gasteiger partial charge in [0.05, 0.1) is 25.0 Å². The zero-order valence-corrected chi connectivity index (χ0v) is 9.82. The van der Waals surface area contributed by atoms with Crippen molar-refractivity contribution in [3.8, 4) is 0 Å². The molecule has 0 spiro atoms. The highest BCUT2D eigenvalue weighted by atomic mass is 16.3. The van der Waals surface area contributed by atoms with Crippen molar-refractivity contribution in [2.45, 2.75) is 19.4 Å². The van der Waals surface area contributed by atoms with E-state index in [-0.39, 0.29) is 24.8 Å². The Morgan fingerprint density at radius 3 is 2.71 bits per heavy atom. The first kappa shape index (κ1) is 13.2. The van der Waals surface area contributed by atoms with Gasteiger partial charge < -0.3 is 20.2 Å². The van der Waals surface area contributed by atoms with Crippen molar-refractivity contribution in [3.05, 3.63) is 24.2 Å². The van der Waals surface area contributed by atoms with Crippen LogP contribution in [0.15, 0.2) is 22.8 Å². The summed E-state index contributed by atoms with van der Waals surface area (Å²) in [6.45, 7) is 3.02. The molecule has 0 saturated carbocycles. The second-order valence-corrected chi connectivity index (χ2v) is 4.25. The summed E-state index contributed by atoms with van der Waals surface area (Å²) in [5.74, 6) is -0.671. The summed E-state index contributed by atoms with van der Waals surface area (Å²) in [5.41, 5.74) is -0.702. The third-order valence-corrected chi connectivity index (χ3v) is 2.03. The summed E-state index contributed by atoms with van der Waals surface area (Å²) >= 11 is 0. The van der Waals surface area contributed by atoms with Crippen LogP contribution in [-0.2, 0) is 4.79 Å². The quantitative estimate of drug-likeness (QED) is 0.670. The molecule has 94 valence electrons. The molecule has 1 rings (SSSR count). The fraction of sp³-hybridized carbons (Fsp3) is 0.455. The summed E-state index contributed by atoms with van der Waals surface area (Å²) in [5, 5.41) is 13.9. The molecule has 1 aromatic rings. The van der Waals surface area contributed by atoms with E-state index >= 15 is 0 Å². The van der Waals surface area contributed by atoms with Gasteiger partial charge in [0.1, 0.15) is 0 Å². The molecule has 17 heavy (non-hydrogen) atoms. The van der Waals surface area contributed by atoms with E-state index in [4.69, 9.17) is 9.52 Å². The molecule has 0 aliphatic carbocycles. The minimum absolute atomic E-state index is 0.152. The Balaban J connectivity index is 2.36. The number of aliphatic hydroxyl groups excluding tert-OH is 1. The van der Waals surface area contributed by atoms with E-state index in [9.17, 15) is 9.59 Å². The predicted octanol–water partition coefficient (Wildman–Crippen LogP) is -0.103. The van der Waals surface area contributed by atoms with Crippen molar-refractivity contribution in [3.63, 3.8) is 0 Å². The van der Waals surface area contributed by atoms with Crippen LogP contribution in [0.1, 0.15) is 24.4 Å². The Bertz CT molecular complexity index is 384. The van der Waals surface area contributed by atoms with E-state index in [2.05, 4.69) is 10.6 Å². The standard InChI is InChI=1S/C11H16N2O4/c1-11(2,7-14)13-9(15)6-12-10(16)8-4-3-5-17-8/h3-5,14H,6-7H2,1-2H3,(H,12,16)(H,13,15). The molecule has 6 nitrogen and oxygen atoms in total. The molecule has 0 atom stereocenters. The lowest BCUT2D eigenvalue weighted by Crippen LogP contribution is -2.49. The van der Waals surface area contributed by atoms with E-state index in [1.165, 1.54) is 12.3 Å². The van der Waals surface area contributed by atoms with E-state index in [1.807, 2.05) is 0 Å². The van der Waals surface area contributed by atoms with Gasteiger partial charge in [-0.15, -0.1) is 0 Å². The summed E-state index contributed by atoms with van der Waals surface area (Å²) in [6, 6.07) is 3.09. The topological polar surface area (TPSA) is 91.6 Å². The van der Waals surface area contributed by atoms with Gasteiger partial charge in [-0.3, -0.25) is 9.59 Å². The van der Waals surface area contributed by atoms with Gasteiger partial charge in [0.25, 0.3) is 5.91 Å². The molecule has 0 saturated heterocycles. The maximum atomic E-state index is 11.4. The van der Waals surface area contributed by atoms with Crippen LogP contribution < -0.4 is 10.6 Å². The van der Waals surface area contributed by atoms with Crippen molar-refractivity contribution >= 4 is 11.8 Å². The monoisotopic (exact) mass is 240 g/mol. The van der Waals surface area contributed by atoms with Crippen molar-refractivity contribution in [2.75, 3.05) is 13.2 Å².